The van der Waals surface area contributed by atoms with E-state index in [9.17, 15) is 4.39 Å². The zero-order valence-electron chi connectivity index (χ0n) is 10.2. The summed E-state index contributed by atoms with van der Waals surface area (Å²) >= 11 is 0. The molecule has 0 saturated heterocycles. The highest BCUT2D eigenvalue weighted by atomic mass is 19.1. The lowest BCUT2D eigenvalue weighted by atomic mass is 10.2. The van der Waals surface area contributed by atoms with Gasteiger partial charge in [-0.3, -0.25) is 0 Å². The Morgan fingerprint density at radius 2 is 2.11 bits per heavy atom. The standard InChI is InChI=1S/C12H12FN5O/c1-18(10-5-3-2-4-9(10)13)12-8(11(14)17-19)6-7-15-16-12/h2-7,19H,1H3,(H2,14,17). The van der Waals surface area contributed by atoms with Crippen molar-refractivity contribution in [1.82, 2.24) is 10.2 Å². The number of halogens is 1. The molecule has 0 aliphatic carbocycles. The van der Waals surface area contributed by atoms with Crippen molar-refractivity contribution in [2.75, 3.05) is 11.9 Å². The lowest BCUT2D eigenvalue weighted by Gasteiger charge is -2.20. The van der Waals surface area contributed by atoms with Gasteiger partial charge in [0.2, 0.25) is 0 Å². The van der Waals surface area contributed by atoms with E-state index in [4.69, 9.17) is 10.9 Å². The number of para-hydroxylation sites is 1. The molecule has 1 heterocycles. The van der Waals surface area contributed by atoms with Crippen LogP contribution in [0.2, 0.25) is 0 Å². The Hall–Kier alpha value is -2.70. The van der Waals surface area contributed by atoms with Gasteiger partial charge in [-0.25, -0.2) is 4.39 Å². The van der Waals surface area contributed by atoms with E-state index in [2.05, 4.69) is 15.4 Å². The largest absolute Gasteiger partial charge is 0.409 e. The van der Waals surface area contributed by atoms with Crippen molar-refractivity contribution >= 4 is 17.3 Å². The summed E-state index contributed by atoms with van der Waals surface area (Å²) in [5.74, 6) is -0.225. The maximum Gasteiger partial charge on any atom is 0.173 e. The first-order chi connectivity index (χ1) is 9.15. The summed E-state index contributed by atoms with van der Waals surface area (Å²) in [6.07, 6.45) is 1.41. The highest BCUT2D eigenvalue weighted by molar-refractivity contribution is 6.01. The van der Waals surface area contributed by atoms with Crippen LogP contribution >= 0.6 is 0 Å². The topological polar surface area (TPSA) is 87.6 Å². The molecule has 1 aromatic carbocycles. The molecule has 98 valence electrons. The molecule has 1 aromatic heterocycles. The first-order valence-electron chi connectivity index (χ1n) is 5.43. The Kier molecular flexibility index (Phi) is 3.56. The number of aromatic nitrogens is 2. The molecule has 2 rings (SSSR count). The normalized spacial score (nSPS) is 11.4. The maximum atomic E-state index is 13.7. The fourth-order valence-electron chi connectivity index (χ4n) is 1.66. The minimum absolute atomic E-state index is 0.118. The average molecular weight is 261 g/mol. The van der Waals surface area contributed by atoms with Gasteiger partial charge in [0.15, 0.2) is 11.7 Å². The van der Waals surface area contributed by atoms with E-state index < -0.39 is 5.82 Å². The minimum Gasteiger partial charge on any atom is -0.409 e. The number of nitrogens with zero attached hydrogens (tertiary/aromatic N) is 4. The van der Waals surface area contributed by atoms with E-state index in [-0.39, 0.29) is 5.84 Å². The number of oxime groups is 1. The zero-order valence-corrected chi connectivity index (χ0v) is 10.2. The lowest BCUT2D eigenvalue weighted by molar-refractivity contribution is 0.318. The van der Waals surface area contributed by atoms with Gasteiger partial charge in [0.25, 0.3) is 0 Å². The molecule has 2 aromatic rings. The van der Waals surface area contributed by atoms with Crippen molar-refractivity contribution in [2.45, 2.75) is 0 Å². The second-order valence-electron chi connectivity index (χ2n) is 3.76. The van der Waals surface area contributed by atoms with Gasteiger partial charge in [0, 0.05) is 7.05 Å². The molecule has 0 aliphatic rings. The highest BCUT2D eigenvalue weighted by Gasteiger charge is 2.16. The Morgan fingerprint density at radius 1 is 1.37 bits per heavy atom. The quantitative estimate of drug-likeness (QED) is 0.378. The van der Waals surface area contributed by atoms with Gasteiger partial charge in [0.05, 0.1) is 17.4 Å². The summed E-state index contributed by atoms with van der Waals surface area (Å²) in [7, 11) is 1.62. The SMILES string of the molecule is CN(c1ccccc1F)c1nnccc1/C(N)=N/O. The van der Waals surface area contributed by atoms with E-state index in [1.165, 1.54) is 23.2 Å². The molecule has 6 nitrogen and oxygen atoms in total. The second-order valence-corrected chi connectivity index (χ2v) is 3.76. The van der Waals surface area contributed by atoms with Gasteiger partial charge in [-0.15, -0.1) is 5.10 Å². The van der Waals surface area contributed by atoms with Gasteiger partial charge in [-0.05, 0) is 18.2 Å². The van der Waals surface area contributed by atoms with Gasteiger partial charge in [-0.2, -0.15) is 5.10 Å². The molecule has 0 unspecified atom stereocenters. The van der Waals surface area contributed by atoms with Crippen LogP contribution in [0.1, 0.15) is 5.56 Å². The minimum atomic E-state index is -0.402. The predicted octanol–water partition coefficient (Wildman–Crippen LogP) is 1.48. The summed E-state index contributed by atoms with van der Waals surface area (Å²) in [5.41, 5.74) is 6.24. The molecule has 0 spiro atoms. The number of amidine groups is 1. The fourth-order valence-corrected chi connectivity index (χ4v) is 1.66. The third kappa shape index (κ3) is 2.44. The summed E-state index contributed by atoms with van der Waals surface area (Å²) in [5, 5.41) is 19.3. The first kappa shape index (κ1) is 12.7. The molecule has 0 fully saturated rings. The number of anilines is 2. The summed E-state index contributed by atoms with van der Waals surface area (Å²) in [6.45, 7) is 0. The number of nitrogens with two attached hydrogens (primary N) is 1. The van der Waals surface area contributed by atoms with E-state index in [1.54, 1.807) is 25.2 Å². The Labute approximate surface area is 109 Å². The van der Waals surface area contributed by atoms with Crippen LogP contribution < -0.4 is 10.6 Å². The lowest BCUT2D eigenvalue weighted by Crippen LogP contribution is -2.21. The molecule has 19 heavy (non-hydrogen) atoms. The Bertz CT molecular complexity index is 617. The zero-order chi connectivity index (χ0) is 13.8. The van der Waals surface area contributed by atoms with Crippen molar-refractivity contribution in [1.29, 1.82) is 0 Å². The van der Waals surface area contributed by atoms with Gasteiger partial charge in [-0.1, -0.05) is 17.3 Å². The summed E-state index contributed by atoms with van der Waals surface area (Å²) < 4.78 is 13.7. The number of hydrogen-bond donors (Lipinski definition) is 2. The summed E-state index contributed by atoms with van der Waals surface area (Å²) in [6, 6.07) is 7.77. The molecule has 0 amide bonds. The van der Waals surface area contributed by atoms with Crippen LogP contribution in [0.15, 0.2) is 41.7 Å². The van der Waals surface area contributed by atoms with Crippen LogP contribution in [0.25, 0.3) is 0 Å². The van der Waals surface area contributed by atoms with Crippen LogP contribution in [0.5, 0.6) is 0 Å². The Balaban J connectivity index is 2.51. The third-order valence-corrected chi connectivity index (χ3v) is 2.62. The number of rotatable bonds is 3. The molecule has 7 heteroatoms. The van der Waals surface area contributed by atoms with Crippen LogP contribution in [-0.4, -0.2) is 28.3 Å². The highest BCUT2D eigenvalue weighted by Crippen LogP contribution is 2.26. The van der Waals surface area contributed by atoms with Crippen molar-refractivity contribution in [3.05, 3.63) is 47.9 Å². The van der Waals surface area contributed by atoms with Crippen LogP contribution in [0, 0.1) is 5.82 Å². The first-order valence-corrected chi connectivity index (χ1v) is 5.43. The van der Waals surface area contributed by atoms with Crippen molar-refractivity contribution < 1.29 is 9.60 Å². The van der Waals surface area contributed by atoms with Crippen LogP contribution in [-0.2, 0) is 0 Å². The molecular weight excluding hydrogens is 249 g/mol. The molecule has 0 atom stereocenters. The van der Waals surface area contributed by atoms with E-state index in [0.717, 1.165) is 0 Å². The predicted molar refractivity (Wildman–Crippen MR) is 69.0 cm³/mol. The second kappa shape index (κ2) is 5.30. The Morgan fingerprint density at radius 3 is 2.79 bits per heavy atom. The fraction of sp³-hybridized carbons (Fsp3) is 0.0833. The number of hydrogen-bond acceptors (Lipinski definition) is 5. The number of benzene rings is 1. The summed E-state index contributed by atoms with van der Waals surface area (Å²) in [4.78, 5) is 1.48. The maximum absolute atomic E-state index is 13.7. The molecular formula is C12H12FN5O. The monoisotopic (exact) mass is 261 g/mol. The molecule has 3 N–H and O–H groups in total. The van der Waals surface area contributed by atoms with Crippen LogP contribution in [0.4, 0.5) is 15.9 Å². The molecule has 0 saturated carbocycles. The van der Waals surface area contributed by atoms with Crippen molar-refractivity contribution in [3.8, 4) is 0 Å². The van der Waals surface area contributed by atoms with Gasteiger partial charge in [0.1, 0.15) is 5.82 Å². The molecule has 0 aliphatic heterocycles. The third-order valence-electron chi connectivity index (χ3n) is 2.62. The smallest absolute Gasteiger partial charge is 0.173 e. The van der Waals surface area contributed by atoms with Crippen LogP contribution in [0.3, 0.4) is 0 Å². The van der Waals surface area contributed by atoms with Crippen molar-refractivity contribution in [3.63, 3.8) is 0 Å². The van der Waals surface area contributed by atoms with Gasteiger partial charge >= 0.3 is 0 Å². The van der Waals surface area contributed by atoms with Crippen molar-refractivity contribution in [2.24, 2.45) is 10.9 Å². The van der Waals surface area contributed by atoms with Gasteiger partial charge < -0.3 is 15.8 Å². The van der Waals surface area contributed by atoms with E-state index >= 15 is 0 Å². The van der Waals surface area contributed by atoms with E-state index in [0.29, 0.717) is 17.1 Å². The average Bonchev–Trinajstić information content (AvgIpc) is 2.46. The molecule has 0 radical (unpaired) electrons. The molecule has 0 bridgehead atoms. The van der Waals surface area contributed by atoms with E-state index in [1.807, 2.05) is 0 Å².